The fraction of sp³-hybridized carbons (Fsp3) is 0.294. The van der Waals surface area contributed by atoms with Gasteiger partial charge in [-0.25, -0.2) is 0 Å². The largest absolute Gasteiger partial charge is 0.487 e. The molecule has 0 N–H and O–H groups in total. The Morgan fingerprint density at radius 2 is 1.48 bits per heavy atom. The standard InChI is InChI=1S/C17H17Br2ClO/c1-10-4-11(2)14(12(3)5-10)9-21-17-15(18)6-13(8-20)7-16(17)19/h4-7H,8-9H2,1-3H3. The number of rotatable bonds is 4. The predicted octanol–water partition coefficient (Wildman–Crippen LogP) is 6.45. The maximum atomic E-state index is 6.02. The van der Waals surface area contributed by atoms with Crippen molar-refractivity contribution in [3.63, 3.8) is 0 Å². The maximum Gasteiger partial charge on any atom is 0.148 e. The van der Waals surface area contributed by atoms with Gasteiger partial charge in [0.05, 0.1) is 8.95 Å². The third-order valence-corrected chi connectivity index (χ3v) is 4.90. The van der Waals surface area contributed by atoms with Crippen LogP contribution in [0.25, 0.3) is 0 Å². The number of benzene rings is 2. The van der Waals surface area contributed by atoms with Crippen molar-refractivity contribution in [1.29, 1.82) is 0 Å². The van der Waals surface area contributed by atoms with Crippen molar-refractivity contribution in [2.75, 3.05) is 0 Å². The zero-order valence-corrected chi connectivity index (χ0v) is 16.2. The van der Waals surface area contributed by atoms with Gasteiger partial charge in [0.25, 0.3) is 0 Å². The Morgan fingerprint density at radius 3 is 1.95 bits per heavy atom. The van der Waals surface area contributed by atoms with Crippen LogP contribution >= 0.6 is 43.5 Å². The summed E-state index contributed by atoms with van der Waals surface area (Å²) in [6, 6.07) is 8.35. The van der Waals surface area contributed by atoms with E-state index in [0.717, 1.165) is 20.3 Å². The molecule has 21 heavy (non-hydrogen) atoms. The Kier molecular flexibility index (Phi) is 5.75. The predicted molar refractivity (Wildman–Crippen MR) is 96.4 cm³/mol. The van der Waals surface area contributed by atoms with E-state index in [9.17, 15) is 0 Å². The number of alkyl halides is 1. The van der Waals surface area contributed by atoms with Crippen LogP contribution in [0.4, 0.5) is 0 Å². The average Bonchev–Trinajstić information content (AvgIpc) is 2.39. The Hall–Kier alpha value is -0.510. The van der Waals surface area contributed by atoms with Crippen molar-refractivity contribution in [1.82, 2.24) is 0 Å². The second kappa shape index (κ2) is 7.17. The van der Waals surface area contributed by atoms with E-state index in [-0.39, 0.29) is 0 Å². The zero-order valence-electron chi connectivity index (χ0n) is 12.3. The smallest absolute Gasteiger partial charge is 0.148 e. The Labute approximate surface area is 147 Å². The molecule has 0 atom stereocenters. The first-order chi connectivity index (χ1) is 9.92. The van der Waals surface area contributed by atoms with E-state index in [1.54, 1.807) is 0 Å². The first-order valence-electron chi connectivity index (χ1n) is 6.65. The van der Waals surface area contributed by atoms with Crippen LogP contribution < -0.4 is 4.74 Å². The van der Waals surface area contributed by atoms with Gasteiger partial charge in [-0.15, -0.1) is 11.6 Å². The number of aryl methyl sites for hydroxylation is 3. The van der Waals surface area contributed by atoms with Gasteiger partial charge in [0.1, 0.15) is 12.4 Å². The highest BCUT2D eigenvalue weighted by molar-refractivity contribution is 9.11. The summed E-state index contributed by atoms with van der Waals surface area (Å²) in [6.07, 6.45) is 0. The van der Waals surface area contributed by atoms with Crippen molar-refractivity contribution < 1.29 is 4.74 Å². The summed E-state index contributed by atoms with van der Waals surface area (Å²) in [4.78, 5) is 0. The summed E-state index contributed by atoms with van der Waals surface area (Å²) >= 11 is 13.0. The summed E-state index contributed by atoms with van der Waals surface area (Å²) in [5.41, 5.74) is 6.09. The molecule has 0 radical (unpaired) electrons. The lowest BCUT2D eigenvalue weighted by Crippen LogP contribution is -2.02. The van der Waals surface area contributed by atoms with Gasteiger partial charge in [0.2, 0.25) is 0 Å². The fourth-order valence-electron chi connectivity index (χ4n) is 2.41. The molecule has 2 aromatic carbocycles. The van der Waals surface area contributed by atoms with E-state index in [1.807, 2.05) is 12.1 Å². The minimum Gasteiger partial charge on any atom is -0.487 e. The van der Waals surface area contributed by atoms with Crippen LogP contribution in [0.1, 0.15) is 27.8 Å². The van der Waals surface area contributed by atoms with Crippen molar-refractivity contribution >= 4 is 43.5 Å². The SMILES string of the molecule is Cc1cc(C)c(COc2c(Br)cc(CCl)cc2Br)c(C)c1. The lowest BCUT2D eigenvalue weighted by molar-refractivity contribution is 0.300. The molecule has 2 rings (SSSR count). The van der Waals surface area contributed by atoms with Crippen LogP contribution in [0.3, 0.4) is 0 Å². The Bertz CT molecular complexity index is 622. The summed E-state index contributed by atoms with van der Waals surface area (Å²) in [7, 11) is 0. The minimum atomic E-state index is 0.480. The van der Waals surface area contributed by atoms with Crippen LogP contribution in [-0.2, 0) is 12.5 Å². The van der Waals surface area contributed by atoms with E-state index in [1.165, 1.54) is 22.3 Å². The number of halogens is 3. The summed E-state index contributed by atoms with van der Waals surface area (Å²) in [5, 5.41) is 0. The van der Waals surface area contributed by atoms with Crippen LogP contribution in [0, 0.1) is 20.8 Å². The fourth-order valence-corrected chi connectivity index (χ4v) is 4.07. The molecule has 0 aliphatic carbocycles. The number of hydrogen-bond acceptors (Lipinski definition) is 1. The molecule has 0 aliphatic rings. The molecule has 0 aromatic heterocycles. The van der Waals surface area contributed by atoms with E-state index in [4.69, 9.17) is 16.3 Å². The first kappa shape index (κ1) is 16.9. The molecular weight excluding hydrogens is 415 g/mol. The van der Waals surface area contributed by atoms with Gasteiger partial charge in [-0.05, 0) is 87.0 Å². The van der Waals surface area contributed by atoms with Gasteiger partial charge in [-0.2, -0.15) is 0 Å². The molecule has 112 valence electrons. The van der Waals surface area contributed by atoms with Gasteiger partial charge in [-0.3, -0.25) is 0 Å². The molecular formula is C17H17Br2ClO. The molecule has 0 fully saturated rings. The third kappa shape index (κ3) is 4.02. The summed E-state index contributed by atoms with van der Waals surface area (Å²) in [6.45, 7) is 6.91. The van der Waals surface area contributed by atoms with Crippen LogP contribution in [-0.4, -0.2) is 0 Å². The molecule has 0 amide bonds. The third-order valence-electron chi connectivity index (χ3n) is 3.41. The quantitative estimate of drug-likeness (QED) is 0.504. The molecule has 4 heteroatoms. The van der Waals surface area contributed by atoms with E-state index >= 15 is 0 Å². The molecule has 2 aromatic rings. The lowest BCUT2D eigenvalue weighted by Gasteiger charge is -2.15. The van der Waals surface area contributed by atoms with Gasteiger partial charge >= 0.3 is 0 Å². The number of hydrogen-bond donors (Lipinski definition) is 0. The molecule has 0 aliphatic heterocycles. The van der Waals surface area contributed by atoms with Crippen LogP contribution in [0.2, 0.25) is 0 Å². The molecule has 0 spiro atoms. The molecule has 0 bridgehead atoms. The maximum absolute atomic E-state index is 6.02. The van der Waals surface area contributed by atoms with Crippen molar-refractivity contribution in [3.8, 4) is 5.75 Å². The van der Waals surface area contributed by atoms with Crippen molar-refractivity contribution in [3.05, 3.63) is 61.0 Å². The van der Waals surface area contributed by atoms with Gasteiger partial charge in [0, 0.05) is 5.88 Å². The molecule has 1 nitrogen and oxygen atoms in total. The second-order valence-corrected chi connectivity index (χ2v) is 7.16. The van der Waals surface area contributed by atoms with Gasteiger partial charge in [0.15, 0.2) is 0 Å². The van der Waals surface area contributed by atoms with Gasteiger partial charge in [-0.1, -0.05) is 17.7 Å². The van der Waals surface area contributed by atoms with Crippen LogP contribution in [0.5, 0.6) is 5.75 Å². The Morgan fingerprint density at radius 1 is 0.952 bits per heavy atom. The minimum absolute atomic E-state index is 0.480. The normalized spacial score (nSPS) is 10.8. The van der Waals surface area contributed by atoms with E-state index < -0.39 is 0 Å². The Balaban J connectivity index is 2.25. The zero-order chi connectivity index (χ0) is 15.6. The van der Waals surface area contributed by atoms with E-state index in [2.05, 4.69) is 64.8 Å². The van der Waals surface area contributed by atoms with Gasteiger partial charge < -0.3 is 4.74 Å². The molecule has 0 unspecified atom stereocenters. The van der Waals surface area contributed by atoms with Crippen LogP contribution in [0.15, 0.2) is 33.2 Å². The van der Waals surface area contributed by atoms with Crippen molar-refractivity contribution in [2.45, 2.75) is 33.3 Å². The summed E-state index contributed by atoms with van der Waals surface area (Å²) < 4.78 is 7.84. The molecule has 0 saturated carbocycles. The second-order valence-electron chi connectivity index (χ2n) is 5.19. The van der Waals surface area contributed by atoms with Crippen molar-refractivity contribution in [2.24, 2.45) is 0 Å². The average molecular weight is 433 g/mol. The van der Waals surface area contributed by atoms with E-state index in [0.29, 0.717) is 12.5 Å². The molecule has 0 saturated heterocycles. The highest BCUT2D eigenvalue weighted by atomic mass is 79.9. The highest BCUT2D eigenvalue weighted by Gasteiger charge is 2.11. The topological polar surface area (TPSA) is 9.23 Å². The lowest BCUT2D eigenvalue weighted by atomic mass is 10.0. The first-order valence-corrected chi connectivity index (χ1v) is 8.78. The molecule has 0 heterocycles. The highest BCUT2D eigenvalue weighted by Crippen LogP contribution is 2.36. The summed E-state index contributed by atoms with van der Waals surface area (Å²) in [5.74, 6) is 1.29. The monoisotopic (exact) mass is 430 g/mol. The number of ether oxygens (including phenoxy) is 1.